The topological polar surface area (TPSA) is 46.2 Å². The summed E-state index contributed by atoms with van der Waals surface area (Å²) in [6.07, 6.45) is 5.64. The van der Waals surface area contributed by atoms with E-state index in [4.69, 9.17) is 0 Å². The molecule has 0 heterocycles. The molecule has 3 heteroatoms. The molecule has 1 aliphatic rings. The van der Waals surface area contributed by atoms with Crippen molar-refractivity contribution in [1.29, 1.82) is 0 Å². The zero-order valence-electron chi connectivity index (χ0n) is 7.21. The molecule has 1 aliphatic carbocycles. The highest BCUT2D eigenvalue weighted by atomic mass is 16.2. The van der Waals surface area contributed by atoms with Gasteiger partial charge in [0.2, 0.25) is 5.91 Å². The Morgan fingerprint density at radius 1 is 1.42 bits per heavy atom. The fraction of sp³-hybridized carbons (Fsp3) is 0.778. The lowest BCUT2D eigenvalue weighted by Crippen LogP contribution is -2.30. The fourth-order valence-corrected chi connectivity index (χ4v) is 1.59. The van der Waals surface area contributed by atoms with Gasteiger partial charge in [-0.05, 0) is 12.8 Å². The maximum atomic E-state index is 11.3. The van der Waals surface area contributed by atoms with E-state index in [1.165, 1.54) is 12.8 Å². The average Bonchev–Trinajstić information content (AvgIpc) is 2.56. The fourth-order valence-electron chi connectivity index (χ4n) is 1.59. The first-order valence-electron chi connectivity index (χ1n) is 4.56. The van der Waals surface area contributed by atoms with Gasteiger partial charge in [-0.1, -0.05) is 12.8 Å². The zero-order chi connectivity index (χ0) is 8.81. The van der Waals surface area contributed by atoms with Gasteiger partial charge in [-0.2, -0.15) is 0 Å². The maximum absolute atomic E-state index is 11.3. The Labute approximate surface area is 72.5 Å². The molecule has 0 aromatic rings. The smallest absolute Gasteiger partial charge is 0.223 e. The third-order valence-electron chi connectivity index (χ3n) is 2.29. The second-order valence-corrected chi connectivity index (χ2v) is 3.23. The number of nitrogens with one attached hydrogen (secondary N) is 1. The van der Waals surface area contributed by atoms with Crippen LogP contribution in [0, 0.1) is 5.92 Å². The SMILES string of the molecule is O=CCCNC(=O)C1CCCC1. The molecule has 1 amide bonds. The van der Waals surface area contributed by atoms with Gasteiger partial charge in [-0.3, -0.25) is 4.79 Å². The van der Waals surface area contributed by atoms with Gasteiger partial charge in [-0.15, -0.1) is 0 Å². The molecule has 0 spiro atoms. The highest BCUT2D eigenvalue weighted by Gasteiger charge is 2.21. The molecule has 0 aromatic carbocycles. The maximum Gasteiger partial charge on any atom is 0.223 e. The third kappa shape index (κ3) is 2.64. The second-order valence-electron chi connectivity index (χ2n) is 3.23. The van der Waals surface area contributed by atoms with Crippen LogP contribution in [0.3, 0.4) is 0 Å². The van der Waals surface area contributed by atoms with E-state index in [-0.39, 0.29) is 11.8 Å². The number of hydrogen-bond donors (Lipinski definition) is 1. The molecule has 0 bridgehead atoms. The molecule has 0 aliphatic heterocycles. The lowest BCUT2D eigenvalue weighted by Gasteiger charge is -2.08. The van der Waals surface area contributed by atoms with E-state index in [1.807, 2.05) is 0 Å². The minimum atomic E-state index is 0.134. The molecule has 3 nitrogen and oxygen atoms in total. The van der Waals surface area contributed by atoms with Crippen molar-refractivity contribution in [2.45, 2.75) is 32.1 Å². The van der Waals surface area contributed by atoms with Gasteiger partial charge in [0.25, 0.3) is 0 Å². The van der Waals surface area contributed by atoms with E-state index >= 15 is 0 Å². The van der Waals surface area contributed by atoms with Crippen LogP contribution in [-0.2, 0) is 9.59 Å². The van der Waals surface area contributed by atoms with Crippen molar-refractivity contribution < 1.29 is 9.59 Å². The summed E-state index contributed by atoms with van der Waals surface area (Å²) in [6.45, 7) is 0.499. The van der Waals surface area contributed by atoms with Crippen molar-refractivity contribution in [3.05, 3.63) is 0 Å². The molecular weight excluding hydrogens is 154 g/mol. The minimum Gasteiger partial charge on any atom is -0.355 e. The summed E-state index contributed by atoms with van der Waals surface area (Å²) in [7, 11) is 0. The molecule has 1 fully saturated rings. The summed E-state index contributed by atoms with van der Waals surface area (Å²) in [4.78, 5) is 21.2. The van der Waals surface area contributed by atoms with Crippen molar-refractivity contribution in [3.8, 4) is 0 Å². The van der Waals surface area contributed by atoms with Crippen LogP contribution in [0.15, 0.2) is 0 Å². The Morgan fingerprint density at radius 2 is 2.08 bits per heavy atom. The van der Waals surface area contributed by atoms with E-state index in [9.17, 15) is 9.59 Å². The Balaban J connectivity index is 2.14. The Bertz CT molecular complexity index is 162. The van der Waals surface area contributed by atoms with E-state index in [0.29, 0.717) is 13.0 Å². The highest BCUT2D eigenvalue weighted by molar-refractivity contribution is 5.79. The molecular formula is C9H15NO2. The van der Waals surface area contributed by atoms with Gasteiger partial charge in [0.15, 0.2) is 0 Å². The Morgan fingerprint density at radius 3 is 2.67 bits per heavy atom. The standard InChI is InChI=1S/C9H15NO2/c11-7-3-6-10-9(12)8-4-1-2-5-8/h7-8H,1-6H2,(H,10,12). The molecule has 1 rings (SSSR count). The third-order valence-corrected chi connectivity index (χ3v) is 2.29. The molecule has 0 aromatic heterocycles. The van der Waals surface area contributed by atoms with Crippen LogP contribution in [0.1, 0.15) is 32.1 Å². The minimum absolute atomic E-state index is 0.134. The van der Waals surface area contributed by atoms with Gasteiger partial charge in [0.05, 0.1) is 0 Å². The van der Waals surface area contributed by atoms with E-state index < -0.39 is 0 Å². The summed E-state index contributed by atoms with van der Waals surface area (Å²) < 4.78 is 0. The largest absolute Gasteiger partial charge is 0.355 e. The molecule has 1 N–H and O–H groups in total. The van der Waals surface area contributed by atoms with E-state index in [0.717, 1.165) is 19.1 Å². The molecule has 0 unspecified atom stereocenters. The second kappa shape index (κ2) is 4.91. The van der Waals surface area contributed by atoms with Gasteiger partial charge >= 0.3 is 0 Å². The summed E-state index contributed by atoms with van der Waals surface area (Å²) in [5.41, 5.74) is 0. The average molecular weight is 169 g/mol. The molecule has 0 radical (unpaired) electrons. The van der Waals surface area contributed by atoms with Crippen LogP contribution < -0.4 is 5.32 Å². The van der Waals surface area contributed by atoms with Gasteiger partial charge in [0, 0.05) is 18.9 Å². The quantitative estimate of drug-likeness (QED) is 0.501. The van der Waals surface area contributed by atoms with Gasteiger partial charge < -0.3 is 10.1 Å². The zero-order valence-corrected chi connectivity index (χ0v) is 7.21. The molecule has 12 heavy (non-hydrogen) atoms. The predicted octanol–water partition coefficient (Wildman–Crippen LogP) is 0.882. The summed E-state index contributed by atoms with van der Waals surface area (Å²) in [5.74, 6) is 0.353. The van der Waals surface area contributed by atoms with Gasteiger partial charge in [-0.25, -0.2) is 0 Å². The first kappa shape index (κ1) is 9.23. The van der Waals surface area contributed by atoms with Crippen LogP contribution in [0.25, 0.3) is 0 Å². The lowest BCUT2D eigenvalue weighted by molar-refractivity contribution is -0.124. The van der Waals surface area contributed by atoms with Crippen LogP contribution >= 0.6 is 0 Å². The van der Waals surface area contributed by atoms with Gasteiger partial charge in [0.1, 0.15) is 6.29 Å². The van der Waals surface area contributed by atoms with Crippen LogP contribution in [0.2, 0.25) is 0 Å². The number of rotatable bonds is 4. The first-order chi connectivity index (χ1) is 5.84. The normalized spacial score (nSPS) is 17.7. The summed E-state index contributed by atoms with van der Waals surface area (Å²) in [6, 6.07) is 0. The number of carbonyl (C=O) groups is 2. The van der Waals surface area contributed by atoms with Crippen LogP contribution in [-0.4, -0.2) is 18.7 Å². The molecule has 1 saturated carbocycles. The van der Waals surface area contributed by atoms with Crippen molar-refractivity contribution in [2.24, 2.45) is 5.92 Å². The summed E-state index contributed by atoms with van der Waals surface area (Å²) >= 11 is 0. The van der Waals surface area contributed by atoms with Crippen molar-refractivity contribution >= 4 is 12.2 Å². The van der Waals surface area contributed by atoms with Crippen LogP contribution in [0.4, 0.5) is 0 Å². The number of aldehydes is 1. The Hall–Kier alpha value is -0.860. The Kier molecular flexibility index (Phi) is 3.77. The van der Waals surface area contributed by atoms with Crippen LogP contribution in [0.5, 0.6) is 0 Å². The monoisotopic (exact) mass is 169 g/mol. The lowest BCUT2D eigenvalue weighted by atomic mass is 10.1. The first-order valence-corrected chi connectivity index (χ1v) is 4.56. The number of amides is 1. The van der Waals surface area contributed by atoms with Crippen molar-refractivity contribution in [3.63, 3.8) is 0 Å². The number of hydrogen-bond acceptors (Lipinski definition) is 2. The van der Waals surface area contributed by atoms with Crippen molar-refractivity contribution in [1.82, 2.24) is 5.32 Å². The molecule has 0 atom stereocenters. The van der Waals surface area contributed by atoms with E-state index in [1.54, 1.807) is 0 Å². The van der Waals surface area contributed by atoms with E-state index in [2.05, 4.69) is 5.32 Å². The molecule has 0 saturated heterocycles. The number of carbonyl (C=O) groups excluding carboxylic acids is 2. The highest BCUT2D eigenvalue weighted by Crippen LogP contribution is 2.24. The predicted molar refractivity (Wildman–Crippen MR) is 45.6 cm³/mol. The van der Waals surface area contributed by atoms with Crippen molar-refractivity contribution in [2.75, 3.05) is 6.54 Å². The molecule has 68 valence electrons. The summed E-state index contributed by atoms with van der Waals surface area (Å²) in [5, 5.41) is 2.76.